The van der Waals surface area contributed by atoms with Crippen LogP contribution >= 0.6 is 23.5 Å². The van der Waals surface area contributed by atoms with Crippen molar-refractivity contribution in [3.63, 3.8) is 0 Å². The number of hydrogen-bond donors (Lipinski definition) is 5. The van der Waals surface area contributed by atoms with Gasteiger partial charge in [0.25, 0.3) is 11.8 Å². The molecule has 7 unspecified atom stereocenters. The monoisotopic (exact) mass is 1860 g/mol. The van der Waals surface area contributed by atoms with E-state index in [0.717, 1.165) is 11.1 Å². The van der Waals surface area contributed by atoms with Crippen LogP contribution in [0.3, 0.4) is 0 Å². The number of nitrogens with one attached hydrogen (secondary N) is 5. The number of anilines is 4. The van der Waals surface area contributed by atoms with Crippen molar-refractivity contribution < 1.29 is 122 Å². The number of ketones is 3. The molecule has 3 fully saturated rings. The van der Waals surface area contributed by atoms with Crippen LogP contribution in [0.2, 0.25) is 0 Å². The van der Waals surface area contributed by atoms with Crippen LogP contribution in [0, 0.1) is 11.8 Å². The maximum Gasteiger partial charge on any atom is 0.414 e. The Bertz CT molecular complexity index is 4930. The van der Waals surface area contributed by atoms with Gasteiger partial charge in [0.15, 0.2) is 28.8 Å². The van der Waals surface area contributed by atoms with Crippen LogP contribution in [0.4, 0.5) is 32.3 Å². The summed E-state index contributed by atoms with van der Waals surface area (Å²) in [5.41, 5.74) is 3.46. The number of fused-ring (bicyclic) bond motifs is 2. The third-order valence-electron chi connectivity index (χ3n) is 22.2. The summed E-state index contributed by atoms with van der Waals surface area (Å²) in [6.45, 7) is 11.4. The summed E-state index contributed by atoms with van der Waals surface area (Å²) in [4.78, 5) is 177. The van der Waals surface area contributed by atoms with E-state index in [1.165, 1.54) is 124 Å². The molecule has 5 N–H and O–H groups in total. The van der Waals surface area contributed by atoms with E-state index in [1.807, 2.05) is 0 Å². The summed E-state index contributed by atoms with van der Waals surface area (Å²) in [6.07, 6.45) is -1.40. The van der Waals surface area contributed by atoms with Crippen LogP contribution in [0.15, 0.2) is 97.1 Å². The fourth-order valence-corrected chi connectivity index (χ4v) is 21.7. The molecule has 7 atom stereocenters. The fourth-order valence-electron chi connectivity index (χ4n) is 15.2. The Kier molecular flexibility index (Phi) is 37.4. The Labute approximate surface area is 753 Å². The van der Waals surface area contributed by atoms with E-state index in [2.05, 4.69) is 39.7 Å². The lowest BCUT2D eigenvalue weighted by Gasteiger charge is -2.33. The molecule has 0 aliphatic carbocycles. The number of rotatable bonds is 22. The number of sulfonamides is 2. The molecular weight excluding hydrogens is 1740 g/mol. The van der Waals surface area contributed by atoms with Crippen molar-refractivity contribution >= 4 is 137 Å². The van der Waals surface area contributed by atoms with Crippen molar-refractivity contribution in [2.45, 2.75) is 141 Å². The van der Waals surface area contributed by atoms with Gasteiger partial charge in [-0.25, -0.2) is 26.4 Å². The molecule has 4 aromatic carbocycles. The maximum absolute atomic E-state index is 14.8. The van der Waals surface area contributed by atoms with Gasteiger partial charge in [-0.1, -0.05) is 75.3 Å². The molecule has 128 heavy (non-hydrogen) atoms. The minimum absolute atomic E-state index is 0.00312. The number of carbonyl (C=O) groups is 12. The maximum atomic E-state index is 14.8. The molecule has 9 aliphatic rings. The van der Waals surface area contributed by atoms with Crippen molar-refractivity contribution in [1.29, 1.82) is 0 Å². The molecule has 13 rings (SSSR count). The number of nitrogens with zero attached hydrogens (tertiary/aromatic N) is 6. The number of amides is 9. The largest absolute Gasteiger partial charge is 0.493 e. The third kappa shape index (κ3) is 27.7. The lowest BCUT2D eigenvalue weighted by Crippen LogP contribution is -2.55. The molecule has 41 heteroatoms. The van der Waals surface area contributed by atoms with Crippen molar-refractivity contribution in [1.82, 2.24) is 34.6 Å². The smallest absolute Gasteiger partial charge is 0.414 e. The molecule has 9 heterocycles. The van der Waals surface area contributed by atoms with Gasteiger partial charge >= 0.3 is 12.2 Å². The van der Waals surface area contributed by atoms with E-state index in [0.29, 0.717) is 70.4 Å². The highest BCUT2D eigenvalue weighted by molar-refractivity contribution is 8.16. The molecule has 4 aromatic rings. The molecule has 9 amide bonds. The Morgan fingerprint density at radius 1 is 0.547 bits per heavy atom. The zero-order valence-corrected chi connectivity index (χ0v) is 76.4. The highest BCUT2D eigenvalue weighted by Gasteiger charge is 2.47. The zero-order chi connectivity index (χ0) is 92.4. The first-order valence-electron chi connectivity index (χ1n) is 42.4. The molecule has 37 nitrogen and oxygen atoms in total. The number of ether oxygens (including phenoxy) is 10. The van der Waals surface area contributed by atoms with Gasteiger partial charge in [-0.2, -0.15) is 0 Å². The van der Waals surface area contributed by atoms with Gasteiger partial charge in [-0.3, -0.25) is 57.7 Å². The van der Waals surface area contributed by atoms with Crippen molar-refractivity contribution in [3.8, 4) is 23.0 Å². The predicted octanol–water partition coefficient (Wildman–Crippen LogP) is 7.20. The number of hydrazine groups is 1. The number of benzene rings is 4. The molecule has 698 valence electrons. The van der Waals surface area contributed by atoms with E-state index < -0.39 is 159 Å². The molecule has 0 spiro atoms. The van der Waals surface area contributed by atoms with Gasteiger partial charge in [0.05, 0.1) is 132 Å². The first-order chi connectivity index (χ1) is 61.3. The zero-order valence-electron chi connectivity index (χ0n) is 73.1. The van der Waals surface area contributed by atoms with Gasteiger partial charge in [-0.15, -0.1) is 32.4 Å². The summed E-state index contributed by atoms with van der Waals surface area (Å²) < 4.78 is 116. The standard InChI is InChI=1S/C87H115N11O26S4/c1-55-38-64-48-95-73-44-77(75(117-8)42-68(73)84(107)93(64)46-55)121-27-13-28-122-78-45-74-69(43-76(78)118-9)85(108)94-47-56(2)39-72(94)59(5)98(74)87(110)124-52-61-18-22-63(23-19-61)90-83(106)71(24-25-79(102)88-26-29-119-32-30-115-6)92-81(104)58(4)41-67(101)50-97-96(127(111,112)36-34-125-54-126-35-37-128(97,113)114)49-66(100)40-57(3)80(103)91-70(15-12-10-11-14-65(99)53-120-33-31-116-7)82(105)89-62-20-16-60(17-21-62)51-123-86(95)109/h16-23,42-45,57-59,64,70-72H,1-2,10-15,24-41,46-54H2,3-9H3,(H,88,102)(H,89,105)(H,90,106)(H,91,103)(H,92,104). The summed E-state index contributed by atoms with van der Waals surface area (Å²) >= 11 is 2.40. The van der Waals surface area contributed by atoms with Crippen molar-refractivity contribution in [2.75, 3.05) is 169 Å². The van der Waals surface area contributed by atoms with Gasteiger partial charge < -0.3 is 83.8 Å². The minimum atomic E-state index is -4.80. The normalized spacial score (nSPS) is 22.7. The van der Waals surface area contributed by atoms with E-state index in [4.69, 9.17) is 47.4 Å². The van der Waals surface area contributed by atoms with E-state index in [-0.39, 0.29) is 191 Å². The van der Waals surface area contributed by atoms with E-state index in [9.17, 15) is 74.4 Å². The summed E-state index contributed by atoms with van der Waals surface area (Å²) in [5.74, 6) is -10.1. The number of unbranched alkanes of at least 4 members (excludes halogenated alkanes) is 2. The number of hydrogen-bond acceptors (Lipinski definition) is 28. The Morgan fingerprint density at radius 3 is 1.61 bits per heavy atom. The highest BCUT2D eigenvalue weighted by atomic mass is 32.2. The molecule has 0 aromatic heterocycles. The number of carbonyl (C=O) groups excluding carboxylic acids is 12. The first-order valence-corrected chi connectivity index (χ1v) is 47.9. The summed E-state index contributed by atoms with van der Waals surface area (Å²) in [5, 5.41) is 13.9. The third-order valence-corrected chi connectivity index (χ3v) is 28.5. The van der Waals surface area contributed by atoms with Crippen LogP contribution in [-0.2, 0) is 100 Å². The second-order valence-electron chi connectivity index (χ2n) is 31.9. The SMILES string of the molecule is C=C1CC2CN3C(=O)OCc4ccc(cc4)NC(=O)C(CCCCCC(=O)COCCOC)NC(=O)C(C)CC(=O)CN4N(CC(=O)CC(C)C(=O)NC(CCC(=O)NCCOCCOC)C(=O)Nc5ccc(cc5)COC(=O)N5c6cc(c(OC)cc6C(=O)N6CC(=C)CC6C5C)OCCCOc5cc3c(cc5OC)C(=O)N2C1)S(=O)(=O)CCSCSCCS4(=O)=O. The Morgan fingerprint density at radius 2 is 1.05 bits per heavy atom. The molecular formula is C87H115N11O26S4. The topological polar surface area (TPSA) is 445 Å². The molecule has 9 aliphatic heterocycles. The van der Waals surface area contributed by atoms with Crippen LogP contribution in [0.5, 0.6) is 23.0 Å². The quantitative estimate of drug-likeness (QED) is 0.0383. The lowest BCUT2D eigenvalue weighted by molar-refractivity contribution is -0.132. The number of methoxy groups -OCH3 is 4. The summed E-state index contributed by atoms with van der Waals surface area (Å²) in [6, 6.07) is 14.0. The Hall–Kier alpha value is -10.2. The molecule has 8 bridgehead atoms. The number of thioether (sulfide) groups is 2. The van der Waals surface area contributed by atoms with Crippen molar-refractivity contribution in [3.05, 3.63) is 119 Å². The van der Waals surface area contributed by atoms with Gasteiger partial charge in [0.2, 0.25) is 49.6 Å². The van der Waals surface area contributed by atoms with Crippen LogP contribution in [0.1, 0.15) is 130 Å². The number of Topliss-reactive ketones (excluding diaryl/α,β-unsaturated/α-hetero) is 3. The minimum Gasteiger partial charge on any atom is -0.493 e. The molecule has 0 saturated carbocycles. The lowest BCUT2D eigenvalue weighted by atomic mass is 10.0. The molecule has 0 radical (unpaired) electrons. The van der Waals surface area contributed by atoms with Crippen LogP contribution < -0.4 is 55.3 Å². The molecule has 3 saturated heterocycles. The average Bonchev–Trinajstić information content (AvgIpc) is 1.56. The van der Waals surface area contributed by atoms with Crippen LogP contribution in [0.25, 0.3) is 0 Å². The van der Waals surface area contributed by atoms with Gasteiger partial charge in [-0.05, 0) is 86.6 Å². The summed E-state index contributed by atoms with van der Waals surface area (Å²) in [7, 11) is -3.78. The first kappa shape index (κ1) is 99.9. The predicted molar refractivity (Wildman–Crippen MR) is 476 cm³/mol. The fraction of sp³-hybridized carbons (Fsp3) is 0.540. The van der Waals surface area contributed by atoms with Crippen molar-refractivity contribution in [2.24, 2.45) is 11.8 Å². The van der Waals surface area contributed by atoms with E-state index >= 15 is 0 Å². The van der Waals surface area contributed by atoms with Crippen LogP contribution in [-0.4, -0.2) is 285 Å². The second kappa shape index (κ2) is 47.9. The highest BCUT2D eigenvalue weighted by Crippen LogP contribution is 2.44. The van der Waals surface area contributed by atoms with Gasteiger partial charge in [0.1, 0.15) is 43.5 Å². The second-order valence-corrected chi connectivity index (χ2v) is 38.5. The van der Waals surface area contributed by atoms with Gasteiger partial charge in [0, 0.05) is 118 Å². The van der Waals surface area contributed by atoms with E-state index in [1.54, 1.807) is 41.0 Å². The Balaban J connectivity index is 0.948. The average molecular weight is 1860 g/mol.